The fraction of sp³-hybridized carbons (Fsp3) is 0.267. The summed E-state index contributed by atoms with van der Waals surface area (Å²) >= 11 is 0. The number of hydrogen-bond donors (Lipinski definition) is 2. The minimum Gasteiger partial charge on any atom is -0.465 e. The van der Waals surface area contributed by atoms with Crippen LogP contribution in [0, 0.1) is 18.3 Å². The molecule has 0 unspecified atom stereocenters. The van der Waals surface area contributed by atoms with Crippen molar-refractivity contribution >= 4 is 17.6 Å². The summed E-state index contributed by atoms with van der Waals surface area (Å²) < 4.78 is 4.71. The van der Waals surface area contributed by atoms with E-state index in [1.165, 1.54) is 6.20 Å². The molecule has 0 atom stereocenters. The first-order valence-corrected chi connectivity index (χ1v) is 6.44. The van der Waals surface area contributed by atoms with Crippen LogP contribution in [0.2, 0.25) is 0 Å². The van der Waals surface area contributed by atoms with Crippen molar-refractivity contribution in [1.82, 2.24) is 5.32 Å². The van der Waals surface area contributed by atoms with Crippen LogP contribution in [0.15, 0.2) is 36.0 Å². The van der Waals surface area contributed by atoms with Gasteiger partial charge in [0.2, 0.25) is 0 Å². The third kappa shape index (κ3) is 5.78. The lowest BCUT2D eigenvalue weighted by Gasteiger charge is -2.05. The summed E-state index contributed by atoms with van der Waals surface area (Å²) in [7, 11) is 0. The van der Waals surface area contributed by atoms with Crippen molar-refractivity contribution < 1.29 is 14.3 Å². The molecule has 0 saturated carbocycles. The molecule has 0 aliphatic heterocycles. The maximum atomic E-state index is 11.9. The molecule has 0 heterocycles. The van der Waals surface area contributed by atoms with Crippen molar-refractivity contribution in [2.24, 2.45) is 0 Å². The van der Waals surface area contributed by atoms with Crippen molar-refractivity contribution in [3.63, 3.8) is 0 Å². The Morgan fingerprint density at radius 3 is 2.81 bits per heavy atom. The summed E-state index contributed by atoms with van der Waals surface area (Å²) in [6.45, 7) is 3.78. The van der Waals surface area contributed by atoms with Crippen molar-refractivity contribution in [2.45, 2.75) is 13.8 Å². The molecule has 1 aromatic carbocycles. The van der Waals surface area contributed by atoms with Crippen LogP contribution in [0.1, 0.15) is 12.5 Å². The second kappa shape index (κ2) is 8.38. The minimum absolute atomic E-state index is 0.100. The van der Waals surface area contributed by atoms with Gasteiger partial charge in [-0.2, -0.15) is 5.26 Å². The number of rotatable bonds is 6. The first-order chi connectivity index (χ1) is 10.1. The van der Waals surface area contributed by atoms with Crippen molar-refractivity contribution in [3.8, 4) is 6.07 Å². The summed E-state index contributed by atoms with van der Waals surface area (Å²) in [6.07, 6.45) is 1.20. The number of nitriles is 1. The van der Waals surface area contributed by atoms with E-state index in [0.29, 0.717) is 5.69 Å². The number of amides is 1. The van der Waals surface area contributed by atoms with Crippen LogP contribution in [-0.2, 0) is 14.3 Å². The van der Waals surface area contributed by atoms with Crippen molar-refractivity contribution in [1.29, 1.82) is 5.26 Å². The van der Waals surface area contributed by atoms with Gasteiger partial charge in [-0.15, -0.1) is 0 Å². The Labute approximate surface area is 123 Å². The SMILES string of the molecule is CCOC(=O)CN/C=C(/C#N)C(=O)Nc1cccc(C)c1. The summed E-state index contributed by atoms with van der Waals surface area (Å²) in [4.78, 5) is 23.0. The third-order valence-electron chi connectivity index (χ3n) is 2.44. The van der Waals surface area contributed by atoms with Gasteiger partial charge in [-0.25, -0.2) is 0 Å². The molecule has 1 aromatic rings. The van der Waals surface area contributed by atoms with Gasteiger partial charge in [-0.3, -0.25) is 9.59 Å². The molecule has 6 nitrogen and oxygen atoms in total. The number of ether oxygens (including phenoxy) is 1. The lowest BCUT2D eigenvalue weighted by Crippen LogP contribution is -2.22. The second-order valence-electron chi connectivity index (χ2n) is 4.18. The zero-order valence-corrected chi connectivity index (χ0v) is 12.0. The molecule has 0 aliphatic carbocycles. The van der Waals surface area contributed by atoms with Gasteiger partial charge in [0, 0.05) is 11.9 Å². The van der Waals surface area contributed by atoms with E-state index in [9.17, 15) is 9.59 Å². The predicted molar refractivity (Wildman–Crippen MR) is 78.1 cm³/mol. The van der Waals surface area contributed by atoms with Crippen LogP contribution in [0.5, 0.6) is 0 Å². The molecular formula is C15H17N3O3. The highest BCUT2D eigenvalue weighted by atomic mass is 16.5. The lowest BCUT2D eigenvalue weighted by atomic mass is 10.2. The molecule has 0 aliphatic rings. The van der Waals surface area contributed by atoms with E-state index in [2.05, 4.69) is 10.6 Å². The molecule has 0 aromatic heterocycles. The van der Waals surface area contributed by atoms with Gasteiger partial charge in [0.05, 0.1) is 6.61 Å². The number of aryl methyl sites for hydroxylation is 1. The Morgan fingerprint density at radius 2 is 2.19 bits per heavy atom. The summed E-state index contributed by atoms with van der Waals surface area (Å²) in [5.74, 6) is -0.996. The largest absolute Gasteiger partial charge is 0.465 e. The zero-order chi connectivity index (χ0) is 15.7. The van der Waals surface area contributed by atoms with Crippen LogP contribution >= 0.6 is 0 Å². The Hall–Kier alpha value is -2.81. The van der Waals surface area contributed by atoms with E-state index in [-0.39, 0.29) is 18.7 Å². The molecule has 0 fully saturated rings. The molecule has 110 valence electrons. The summed E-state index contributed by atoms with van der Waals surface area (Å²) in [6, 6.07) is 9.00. The number of carbonyl (C=O) groups excluding carboxylic acids is 2. The molecule has 0 saturated heterocycles. The van der Waals surface area contributed by atoms with Crippen molar-refractivity contribution in [2.75, 3.05) is 18.5 Å². The van der Waals surface area contributed by atoms with Gasteiger partial charge >= 0.3 is 5.97 Å². The number of anilines is 1. The Bertz CT molecular complexity index is 588. The van der Waals surface area contributed by atoms with Gasteiger partial charge in [0.15, 0.2) is 0 Å². The maximum Gasteiger partial charge on any atom is 0.325 e. The Balaban J connectivity index is 2.61. The molecule has 0 spiro atoms. The number of nitrogens with zero attached hydrogens (tertiary/aromatic N) is 1. The van der Waals surface area contributed by atoms with Gasteiger partial charge < -0.3 is 15.4 Å². The van der Waals surface area contributed by atoms with Gasteiger partial charge in [-0.1, -0.05) is 12.1 Å². The van der Waals surface area contributed by atoms with E-state index in [0.717, 1.165) is 5.56 Å². The van der Waals surface area contributed by atoms with Gasteiger partial charge in [0.1, 0.15) is 18.2 Å². The predicted octanol–water partition coefficient (Wildman–Crippen LogP) is 1.49. The number of hydrogen-bond acceptors (Lipinski definition) is 5. The molecule has 0 radical (unpaired) electrons. The number of benzene rings is 1. The molecule has 6 heteroatoms. The van der Waals surface area contributed by atoms with E-state index in [1.54, 1.807) is 31.2 Å². The van der Waals surface area contributed by atoms with Gasteiger partial charge in [0.25, 0.3) is 5.91 Å². The van der Waals surface area contributed by atoms with Crippen molar-refractivity contribution in [3.05, 3.63) is 41.6 Å². The maximum absolute atomic E-state index is 11.9. The van der Waals surface area contributed by atoms with Gasteiger partial charge in [-0.05, 0) is 31.5 Å². The fourth-order valence-electron chi connectivity index (χ4n) is 1.52. The van der Waals surface area contributed by atoms with E-state index in [4.69, 9.17) is 10.00 Å². The summed E-state index contributed by atoms with van der Waals surface area (Å²) in [5.41, 5.74) is 1.48. The monoisotopic (exact) mass is 287 g/mol. The molecule has 1 amide bonds. The average Bonchev–Trinajstić information content (AvgIpc) is 2.43. The van der Waals surface area contributed by atoms with Crippen LogP contribution in [-0.4, -0.2) is 25.0 Å². The molecular weight excluding hydrogens is 270 g/mol. The van der Waals surface area contributed by atoms with Crippen LogP contribution in [0.3, 0.4) is 0 Å². The fourth-order valence-corrected chi connectivity index (χ4v) is 1.52. The van der Waals surface area contributed by atoms with Crippen LogP contribution in [0.25, 0.3) is 0 Å². The molecule has 21 heavy (non-hydrogen) atoms. The first kappa shape index (κ1) is 16.2. The van der Waals surface area contributed by atoms with E-state index >= 15 is 0 Å². The molecule has 1 rings (SSSR count). The first-order valence-electron chi connectivity index (χ1n) is 6.44. The summed E-state index contributed by atoms with van der Waals surface area (Å²) in [5, 5.41) is 14.2. The van der Waals surface area contributed by atoms with Crippen LogP contribution < -0.4 is 10.6 Å². The quantitative estimate of drug-likeness (QED) is 0.470. The smallest absolute Gasteiger partial charge is 0.325 e. The lowest BCUT2D eigenvalue weighted by molar-refractivity contribution is -0.141. The molecule has 0 bridgehead atoms. The highest BCUT2D eigenvalue weighted by Gasteiger charge is 2.09. The molecule has 2 N–H and O–H groups in total. The normalized spacial score (nSPS) is 10.4. The van der Waals surface area contributed by atoms with E-state index in [1.807, 2.05) is 13.0 Å². The number of carbonyl (C=O) groups is 2. The highest BCUT2D eigenvalue weighted by Crippen LogP contribution is 2.10. The number of nitrogens with one attached hydrogen (secondary N) is 2. The highest BCUT2D eigenvalue weighted by molar-refractivity contribution is 6.06. The average molecular weight is 287 g/mol. The zero-order valence-electron chi connectivity index (χ0n) is 12.0. The Kier molecular flexibility index (Phi) is 6.48. The van der Waals surface area contributed by atoms with Crippen LogP contribution in [0.4, 0.5) is 5.69 Å². The Morgan fingerprint density at radius 1 is 1.43 bits per heavy atom. The standard InChI is InChI=1S/C15H17N3O3/c1-3-21-14(19)10-17-9-12(8-16)15(20)18-13-6-4-5-11(2)7-13/h4-7,9,17H,3,10H2,1-2H3,(H,18,20)/b12-9-. The third-order valence-corrected chi connectivity index (χ3v) is 2.44. The minimum atomic E-state index is -0.542. The number of esters is 1. The second-order valence-corrected chi connectivity index (χ2v) is 4.18. The topological polar surface area (TPSA) is 91.2 Å². The van der Waals surface area contributed by atoms with E-state index < -0.39 is 11.9 Å².